The third kappa shape index (κ3) is 3.90. The predicted molar refractivity (Wildman–Crippen MR) is 97.6 cm³/mol. The van der Waals surface area contributed by atoms with Gasteiger partial charge in [-0.3, -0.25) is 18.7 Å². The molecule has 2 heterocycles. The molecule has 10 heteroatoms. The summed E-state index contributed by atoms with van der Waals surface area (Å²) in [5, 5.41) is 2.81. The average molecular weight is 390 g/mol. The monoisotopic (exact) mass is 390 g/mol. The number of halogens is 2. The lowest BCUT2D eigenvalue weighted by Crippen LogP contribution is -2.37. The number of pyridine rings is 1. The van der Waals surface area contributed by atoms with E-state index in [1.165, 1.54) is 55.2 Å². The Bertz CT molecular complexity index is 1150. The van der Waals surface area contributed by atoms with Crippen LogP contribution in [0.5, 0.6) is 5.75 Å². The number of carbonyl (C=O) groups excluding carboxylic acids is 1. The first-order chi connectivity index (χ1) is 13.3. The molecule has 1 aromatic carbocycles. The lowest BCUT2D eigenvalue weighted by molar-refractivity contribution is -0.115. The summed E-state index contributed by atoms with van der Waals surface area (Å²) >= 11 is 0. The van der Waals surface area contributed by atoms with Crippen LogP contribution in [0, 0.1) is 0 Å². The van der Waals surface area contributed by atoms with Crippen LogP contribution in [0.3, 0.4) is 0 Å². The minimum Gasteiger partial charge on any atom is -0.435 e. The highest BCUT2D eigenvalue weighted by Crippen LogP contribution is 2.16. The molecule has 0 aliphatic heterocycles. The van der Waals surface area contributed by atoms with Crippen molar-refractivity contribution in [3.05, 3.63) is 62.9 Å². The van der Waals surface area contributed by atoms with Gasteiger partial charge >= 0.3 is 12.3 Å². The number of carbonyl (C=O) groups is 1. The summed E-state index contributed by atoms with van der Waals surface area (Å²) in [6, 6.07) is 7.14. The molecule has 2 aromatic heterocycles. The number of aromatic nitrogens is 3. The number of fused-ring (bicyclic) bond motifs is 1. The van der Waals surface area contributed by atoms with Crippen LogP contribution in [-0.4, -0.2) is 26.6 Å². The number of hydrogen-bond acceptors (Lipinski definition) is 5. The molecule has 0 fully saturated rings. The topological polar surface area (TPSA) is 95.2 Å². The van der Waals surface area contributed by atoms with E-state index in [0.29, 0.717) is 11.3 Å². The van der Waals surface area contributed by atoms with Gasteiger partial charge in [-0.25, -0.2) is 9.78 Å². The van der Waals surface area contributed by atoms with Crippen LogP contribution in [-0.2, 0) is 25.3 Å². The molecule has 0 saturated carbocycles. The van der Waals surface area contributed by atoms with Gasteiger partial charge < -0.3 is 10.1 Å². The zero-order chi connectivity index (χ0) is 20.4. The van der Waals surface area contributed by atoms with Gasteiger partial charge in [0.2, 0.25) is 5.91 Å². The second-order valence-corrected chi connectivity index (χ2v) is 6.05. The third-order valence-electron chi connectivity index (χ3n) is 4.09. The summed E-state index contributed by atoms with van der Waals surface area (Å²) in [5.41, 5.74) is 0.0789. The minimum absolute atomic E-state index is 0.000607. The lowest BCUT2D eigenvalue weighted by Gasteiger charge is -2.09. The zero-order valence-corrected chi connectivity index (χ0v) is 15.0. The molecule has 8 nitrogen and oxygen atoms in total. The van der Waals surface area contributed by atoms with Crippen molar-refractivity contribution in [3.8, 4) is 5.75 Å². The SMILES string of the molecule is Cn1c(=O)c2cc(NC(=O)Cc3ccc(OC(F)F)cc3)cnc2n(C)c1=O. The molecule has 3 aromatic rings. The quantitative estimate of drug-likeness (QED) is 0.711. The molecule has 0 spiro atoms. The largest absolute Gasteiger partial charge is 0.435 e. The van der Waals surface area contributed by atoms with Gasteiger partial charge in [0.1, 0.15) is 11.4 Å². The molecule has 0 aliphatic rings. The number of hydrogen-bond donors (Lipinski definition) is 1. The Kier molecular flexibility index (Phi) is 5.21. The van der Waals surface area contributed by atoms with Crippen LogP contribution in [0.1, 0.15) is 5.56 Å². The Morgan fingerprint density at radius 3 is 2.50 bits per heavy atom. The number of rotatable bonds is 5. The van der Waals surface area contributed by atoms with E-state index in [-0.39, 0.29) is 29.1 Å². The van der Waals surface area contributed by atoms with E-state index in [0.717, 1.165) is 4.57 Å². The molecule has 0 saturated heterocycles. The standard InChI is InChI=1S/C18H16F2N4O4/c1-23-15-13(16(26)24(2)18(23)27)8-11(9-21-15)22-14(25)7-10-3-5-12(6-4-10)28-17(19)20/h3-6,8-9,17H,7H2,1-2H3,(H,22,25). The molecule has 0 radical (unpaired) electrons. The number of aryl methyl sites for hydroxylation is 1. The summed E-state index contributed by atoms with van der Waals surface area (Å²) < 4.78 is 30.8. The maximum absolute atomic E-state index is 12.3. The molecular formula is C18H16F2N4O4. The summed E-state index contributed by atoms with van der Waals surface area (Å²) in [6.45, 7) is -2.92. The summed E-state index contributed by atoms with van der Waals surface area (Å²) in [5.74, 6) is -0.385. The van der Waals surface area contributed by atoms with E-state index in [9.17, 15) is 23.2 Å². The van der Waals surface area contributed by atoms with E-state index in [2.05, 4.69) is 15.0 Å². The summed E-state index contributed by atoms with van der Waals surface area (Å²) in [6.07, 6.45) is 1.33. The van der Waals surface area contributed by atoms with Crippen molar-refractivity contribution >= 4 is 22.6 Å². The number of nitrogens with zero attached hydrogens (tertiary/aromatic N) is 3. The van der Waals surface area contributed by atoms with E-state index < -0.39 is 17.9 Å². The van der Waals surface area contributed by atoms with Gasteiger partial charge in [0.05, 0.1) is 23.7 Å². The number of nitrogens with one attached hydrogen (secondary N) is 1. The fourth-order valence-corrected chi connectivity index (χ4v) is 2.71. The Morgan fingerprint density at radius 2 is 1.86 bits per heavy atom. The number of alkyl halides is 2. The van der Waals surface area contributed by atoms with Gasteiger partial charge in [0.25, 0.3) is 5.56 Å². The predicted octanol–water partition coefficient (Wildman–Crippen LogP) is 1.41. The number of anilines is 1. The van der Waals surface area contributed by atoms with E-state index >= 15 is 0 Å². The molecule has 3 rings (SSSR count). The molecule has 0 aliphatic carbocycles. The minimum atomic E-state index is -2.92. The Labute approximate surface area is 157 Å². The third-order valence-corrected chi connectivity index (χ3v) is 4.09. The molecule has 0 atom stereocenters. The molecule has 0 unspecified atom stereocenters. The van der Waals surface area contributed by atoms with Gasteiger partial charge in [-0.15, -0.1) is 0 Å². The van der Waals surface area contributed by atoms with Crippen LogP contribution < -0.4 is 21.3 Å². The fraction of sp³-hybridized carbons (Fsp3) is 0.222. The van der Waals surface area contributed by atoms with Crippen molar-refractivity contribution in [2.75, 3.05) is 5.32 Å². The highest BCUT2D eigenvalue weighted by Gasteiger charge is 2.12. The van der Waals surface area contributed by atoms with Crippen molar-refractivity contribution in [1.29, 1.82) is 0 Å². The lowest BCUT2D eigenvalue weighted by atomic mass is 10.1. The number of benzene rings is 1. The van der Waals surface area contributed by atoms with E-state index in [4.69, 9.17) is 0 Å². The van der Waals surface area contributed by atoms with E-state index in [1.54, 1.807) is 0 Å². The Balaban J connectivity index is 1.78. The first-order valence-corrected chi connectivity index (χ1v) is 8.15. The van der Waals surface area contributed by atoms with Crippen molar-refractivity contribution in [1.82, 2.24) is 14.1 Å². The molecule has 1 N–H and O–H groups in total. The molecular weight excluding hydrogens is 374 g/mol. The Hall–Kier alpha value is -3.56. The average Bonchev–Trinajstić information content (AvgIpc) is 2.65. The normalized spacial score (nSPS) is 11.0. The van der Waals surface area contributed by atoms with Crippen molar-refractivity contribution in [3.63, 3.8) is 0 Å². The zero-order valence-electron chi connectivity index (χ0n) is 15.0. The summed E-state index contributed by atoms with van der Waals surface area (Å²) in [4.78, 5) is 40.5. The van der Waals surface area contributed by atoms with Crippen molar-refractivity contribution in [2.45, 2.75) is 13.0 Å². The number of amides is 1. The first kappa shape index (κ1) is 19.2. The summed E-state index contributed by atoms with van der Waals surface area (Å²) in [7, 11) is 2.85. The van der Waals surface area contributed by atoms with E-state index in [1.807, 2.05) is 0 Å². The van der Waals surface area contributed by atoms with Crippen LogP contribution in [0.25, 0.3) is 11.0 Å². The highest BCUT2D eigenvalue weighted by molar-refractivity contribution is 5.93. The van der Waals surface area contributed by atoms with Gasteiger partial charge in [0.15, 0.2) is 0 Å². The highest BCUT2D eigenvalue weighted by atomic mass is 19.3. The fourth-order valence-electron chi connectivity index (χ4n) is 2.71. The van der Waals surface area contributed by atoms with Crippen LogP contribution in [0.4, 0.5) is 14.5 Å². The van der Waals surface area contributed by atoms with Gasteiger partial charge in [-0.2, -0.15) is 8.78 Å². The molecule has 0 bridgehead atoms. The number of ether oxygens (including phenoxy) is 1. The molecule has 1 amide bonds. The van der Waals surface area contributed by atoms with Crippen LogP contribution >= 0.6 is 0 Å². The van der Waals surface area contributed by atoms with Crippen molar-refractivity contribution < 1.29 is 18.3 Å². The van der Waals surface area contributed by atoms with Crippen LogP contribution in [0.15, 0.2) is 46.1 Å². The van der Waals surface area contributed by atoms with Crippen molar-refractivity contribution in [2.24, 2.45) is 14.1 Å². The molecule has 146 valence electrons. The Morgan fingerprint density at radius 1 is 1.18 bits per heavy atom. The second-order valence-electron chi connectivity index (χ2n) is 6.05. The van der Waals surface area contributed by atoms with Gasteiger partial charge in [0, 0.05) is 14.1 Å². The molecule has 28 heavy (non-hydrogen) atoms. The second kappa shape index (κ2) is 7.59. The smallest absolute Gasteiger partial charge is 0.387 e. The maximum Gasteiger partial charge on any atom is 0.387 e. The van der Waals surface area contributed by atoms with Gasteiger partial charge in [-0.1, -0.05) is 12.1 Å². The first-order valence-electron chi connectivity index (χ1n) is 8.15. The van der Waals surface area contributed by atoms with Crippen LogP contribution in [0.2, 0.25) is 0 Å². The van der Waals surface area contributed by atoms with Gasteiger partial charge in [-0.05, 0) is 23.8 Å². The maximum atomic E-state index is 12.3.